The van der Waals surface area contributed by atoms with Gasteiger partial charge in [0.1, 0.15) is 5.75 Å². The fraction of sp³-hybridized carbons (Fsp3) is 0.217. The third-order valence-electron chi connectivity index (χ3n) is 4.58. The number of amides is 1. The molecule has 0 saturated carbocycles. The molecule has 2 N–H and O–H groups in total. The molecule has 28 heavy (non-hydrogen) atoms. The molecule has 0 fully saturated rings. The average Bonchev–Trinajstić information content (AvgIpc) is 2.69. The highest BCUT2D eigenvalue weighted by Crippen LogP contribution is 2.26. The van der Waals surface area contributed by atoms with Crippen molar-refractivity contribution in [3.63, 3.8) is 0 Å². The fourth-order valence-electron chi connectivity index (χ4n) is 3.28. The Morgan fingerprint density at radius 2 is 1.75 bits per heavy atom. The molecule has 3 aromatic rings. The Morgan fingerprint density at radius 3 is 2.46 bits per heavy atom. The Kier molecular flexibility index (Phi) is 5.94. The SMILES string of the molecule is COc1ccccc1CNC(=O)c1cncc(Nc2c(C)cc(C)cc2C)c1. The second-order valence-corrected chi connectivity index (χ2v) is 6.86. The maximum absolute atomic E-state index is 12.6. The Labute approximate surface area is 165 Å². The minimum atomic E-state index is -0.181. The van der Waals surface area contributed by atoms with Gasteiger partial charge in [0.25, 0.3) is 5.91 Å². The van der Waals surface area contributed by atoms with Gasteiger partial charge in [0.05, 0.1) is 24.6 Å². The summed E-state index contributed by atoms with van der Waals surface area (Å²) in [6.45, 7) is 6.61. The molecule has 0 saturated heterocycles. The van der Waals surface area contributed by atoms with Crippen molar-refractivity contribution in [2.24, 2.45) is 0 Å². The van der Waals surface area contributed by atoms with Crippen LogP contribution in [0.1, 0.15) is 32.6 Å². The van der Waals surface area contributed by atoms with Gasteiger partial charge < -0.3 is 15.4 Å². The van der Waals surface area contributed by atoms with Crippen molar-refractivity contribution in [3.05, 3.63) is 82.7 Å². The molecule has 5 heteroatoms. The summed E-state index contributed by atoms with van der Waals surface area (Å²) in [5, 5.41) is 6.32. The summed E-state index contributed by atoms with van der Waals surface area (Å²) < 4.78 is 5.33. The number of rotatable bonds is 6. The van der Waals surface area contributed by atoms with E-state index in [1.54, 1.807) is 19.5 Å². The number of benzene rings is 2. The molecular weight excluding hydrogens is 350 g/mol. The highest BCUT2D eigenvalue weighted by Gasteiger charge is 2.10. The number of hydrogen-bond acceptors (Lipinski definition) is 4. The molecule has 0 unspecified atom stereocenters. The maximum atomic E-state index is 12.6. The molecule has 0 spiro atoms. The topological polar surface area (TPSA) is 63.2 Å². The van der Waals surface area contributed by atoms with Crippen molar-refractivity contribution >= 4 is 17.3 Å². The number of nitrogens with zero attached hydrogens (tertiary/aromatic N) is 1. The van der Waals surface area contributed by atoms with Crippen LogP contribution in [-0.4, -0.2) is 18.0 Å². The van der Waals surface area contributed by atoms with E-state index in [0.717, 1.165) is 33.8 Å². The van der Waals surface area contributed by atoms with E-state index < -0.39 is 0 Å². The van der Waals surface area contributed by atoms with Crippen molar-refractivity contribution in [2.75, 3.05) is 12.4 Å². The standard InChI is InChI=1S/C23H25N3O2/c1-15-9-16(2)22(17(3)10-15)26-20-11-19(12-24-14-20)23(27)25-13-18-7-5-6-8-21(18)28-4/h5-12,14,26H,13H2,1-4H3,(H,25,27). The van der Waals surface area contributed by atoms with Crippen LogP contribution in [0.15, 0.2) is 54.9 Å². The first kappa shape index (κ1) is 19.4. The predicted octanol–water partition coefficient (Wildman–Crippen LogP) is 4.69. The number of para-hydroxylation sites is 1. The molecule has 0 radical (unpaired) electrons. The van der Waals surface area contributed by atoms with Crippen LogP contribution in [0.5, 0.6) is 5.75 Å². The Morgan fingerprint density at radius 1 is 1.04 bits per heavy atom. The number of pyridine rings is 1. The Bertz CT molecular complexity index is 976. The lowest BCUT2D eigenvalue weighted by Crippen LogP contribution is -2.23. The number of aryl methyl sites for hydroxylation is 3. The fourth-order valence-corrected chi connectivity index (χ4v) is 3.28. The molecule has 0 aliphatic rings. The van der Waals surface area contributed by atoms with E-state index in [4.69, 9.17) is 4.74 Å². The number of carbonyl (C=O) groups is 1. The van der Waals surface area contributed by atoms with Gasteiger partial charge >= 0.3 is 0 Å². The molecule has 3 rings (SSSR count). The van der Waals surface area contributed by atoms with Crippen molar-refractivity contribution < 1.29 is 9.53 Å². The van der Waals surface area contributed by atoms with E-state index >= 15 is 0 Å². The van der Waals surface area contributed by atoms with Crippen LogP contribution >= 0.6 is 0 Å². The number of ether oxygens (including phenoxy) is 1. The highest BCUT2D eigenvalue weighted by molar-refractivity contribution is 5.94. The molecule has 0 aliphatic carbocycles. The number of methoxy groups -OCH3 is 1. The van der Waals surface area contributed by atoms with E-state index in [9.17, 15) is 4.79 Å². The maximum Gasteiger partial charge on any atom is 0.253 e. The van der Waals surface area contributed by atoms with E-state index in [1.807, 2.05) is 30.3 Å². The van der Waals surface area contributed by atoms with Gasteiger partial charge in [-0.25, -0.2) is 0 Å². The molecule has 5 nitrogen and oxygen atoms in total. The van der Waals surface area contributed by atoms with Gasteiger partial charge in [0.2, 0.25) is 0 Å². The van der Waals surface area contributed by atoms with Crippen molar-refractivity contribution in [1.82, 2.24) is 10.3 Å². The quantitative estimate of drug-likeness (QED) is 0.656. The molecule has 1 heterocycles. The largest absolute Gasteiger partial charge is 0.496 e. The van der Waals surface area contributed by atoms with Crippen LogP contribution in [0, 0.1) is 20.8 Å². The summed E-state index contributed by atoms with van der Waals surface area (Å²) in [4.78, 5) is 16.8. The van der Waals surface area contributed by atoms with E-state index in [0.29, 0.717) is 12.1 Å². The normalized spacial score (nSPS) is 10.4. The zero-order chi connectivity index (χ0) is 20.1. The lowest BCUT2D eigenvalue weighted by Gasteiger charge is -2.14. The molecule has 2 aromatic carbocycles. The average molecular weight is 375 g/mol. The molecule has 144 valence electrons. The number of aromatic nitrogens is 1. The first-order valence-corrected chi connectivity index (χ1v) is 9.18. The third-order valence-corrected chi connectivity index (χ3v) is 4.58. The van der Waals surface area contributed by atoms with Crippen LogP contribution in [0.25, 0.3) is 0 Å². The Hall–Kier alpha value is -3.34. The predicted molar refractivity (Wildman–Crippen MR) is 112 cm³/mol. The van der Waals surface area contributed by atoms with Gasteiger partial charge in [-0.3, -0.25) is 9.78 Å². The molecular formula is C23H25N3O2. The van der Waals surface area contributed by atoms with Gasteiger partial charge in [0, 0.05) is 24.0 Å². The lowest BCUT2D eigenvalue weighted by molar-refractivity contribution is 0.0950. The van der Waals surface area contributed by atoms with Crippen LogP contribution in [-0.2, 0) is 6.54 Å². The molecule has 1 amide bonds. The van der Waals surface area contributed by atoms with Crippen LogP contribution < -0.4 is 15.4 Å². The molecule has 0 atom stereocenters. The van der Waals surface area contributed by atoms with Crippen LogP contribution in [0.4, 0.5) is 11.4 Å². The van der Waals surface area contributed by atoms with Gasteiger partial charge in [0.15, 0.2) is 0 Å². The summed E-state index contributed by atoms with van der Waals surface area (Å²) in [7, 11) is 1.62. The smallest absolute Gasteiger partial charge is 0.253 e. The number of hydrogen-bond donors (Lipinski definition) is 2. The summed E-state index contributed by atoms with van der Waals surface area (Å²) in [5.74, 6) is 0.570. The van der Waals surface area contributed by atoms with Gasteiger partial charge in [-0.05, 0) is 44.0 Å². The third kappa shape index (κ3) is 4.49. The second kappa shape index (κ2) is 8.57. The van der Waals surface area contributed by atoms with Gasteiger partial charge in [-0.2, -0.15) is 0 Å². The summed E-state index contributed by atoms with van der Waals surface area (Å²) >= 11 is 0. The number of nitrogens with one attached hydrogen (secondary N) is 2. The van der Waals surface area contributed by atoms with Gasteiger partial charge in [-0.1, -0.05) is 35.9 Å². The summed E-state index contributed by atoms with van der Waals surface area (Å²) in [6, 6.07) is 13.7. The van der Waals surface area contributed by atoms with Gasteiger partial charge in [-0.15, -0.1) is 0 Å². The zero-order valence-corrected chi connectivity index (χ0v) is 16.7. The van der Waals surface area contributed by atoms with Crippen LogP contribution in [0.2, 0.25) is 0 Å². The summed E-state index contributed by atoms with van der Waals surface area (Å²) in [5.41, 5.74) is 6.78. The monoisotopic (exact) mass is 375 g/mol. The van der Waals surface area contributed by atoms with E-state index in [2.05, 4.69) is 48.5 Å². The zero-order valence-electron chi connectivity index (χ0n) is 16.7. The second-order valence-electron chi connectivity index (χ2n) is 6.86. The highest BCUT2D eigenvalue weighted by atomic mass is 16.5. The minimum Gasteiger partial charge on any atom is -0.496 e. The first-order valence-electron chi connectivity index (χ1n) is 9.18. The van der Waals surface area contributed by atoms with E-state index in [-0.39, 0.29) is 5.91 Å². The Balaban J connectivity index is 1.73. The number of anilines is 2. The number of carbonyl (C=O) groups excluding carboxylic acids is 1. The first-order chi connectivity index (χ1) is 13.5. The minimum absolute atomic E-state index is 0.181. The lowest BCUT2D eigenvalue weighted by atomic mass is 10.0. The van der Waals surface area contributed by atoms with Crippen molar-refractivity contribution in [2.45, 2.75) is 27.3 Å². The summed E-state index contributed by atoms with van der Waals surface area (Å²) in [6.07, 6.45) is 3.29. The molecule has 1 aromatic heterocycles. The molecule has 0 aliphatic heterocycles. The van der Waals surface area contributed by atoms with Crippen molar-refractivity contribution in [3.8, 4) is 5.75 Å². The molecule has 0 bridgehead atoms. The van der Waals surface area contributed by atoms with Crippen molar-refractivity contribution in [1.29, 1.82) is 0 Å². The van der Waals surface area contributed by atoms with E-state index in [1.165, 1.54) is 5.56 Å². The van der Waals surface area contributed by atoms with Crippen LogP contribution in [0.3, 0.4) is 0 Å².